The van der Waals surface area contributed by atoms with Gasteiger partial charge < -0.3 is 10.3 Å². The van der Waals surface area contributed by atoms with Gasteiger partial charge in [-0.3, -0.25) is 0 Å². The van der Waals surface area contributed by atoms with Crippen molar-refractivity contribution in [3.8, 4) is 17.3 Å². The van der Waals surface area contributed by atoms with E-state index in [-0.39, 0.29) is 0 Å². The Labute approximate surface area is 139 Å². The van der Waals surface area contributed by atoms with Crippen LogP contribution in [0.15, 0.2) is 28.9 Å². The van der Waals surface area contributed by atoms with Crippen molar-refractivity contribution in [3.63, 3.8) is 0 Å². The number of aromatic nitrogens is 5. The minimum Gasteiger partial charge on any atom is -0.334 e. The normalized spacial score (nSPS) is 16.6. The van der Waals surface area contributed by atoms with E-state index in [4.69, 9.17) is 10.3 Å². The standard InChI is InChI=1S/C17H20N6O/c1-11-9-12(2)23(21-11)14-6-5-13(10-19-14)15-20-16(22-24-15)17(18)7-3-4-8-17/h5-6,9-10H,3-4,7-8,18H2,1-2H3. The zero-order valence-electron chi connectivity index (χ0n) is 13.9. The molecule has 3 aromatic rings. The summed E-state index contributed by atoms with van der Waals surface area (Å²) in [7, 11) is 0. The third-order valence-corrected chi connectivity index (χ3v) is 4.59. The number of nitrogens with two attached hydrogens (primary N) is 1. The summed E-state index contributed by atoms with van der Waals surface area (Å²) >= 11 is 0. The smallest absolute Gasteiger partial charge is 0.259 e. The largest absolute Gasteiger partial charge is 0.334 e. The lowest BCUT2D eigenvalue weighted by Crippen LogP contribution is -2.34. The molecule has 0 aromatic carbocycles. The first-order valence-electron chi connectivity index (χ1n) is 8.18. The molecule has 124 valence electrons. The highest BCUT2D eigenvalue weighted by molar-refractivity contribution is 5.52. The van der Waals surface area contributed by atoms with Crippen molar-refractivity contribution in [1.82, 2.24) is 24.9 Å². The fourth-order valence-corrected chi connectivity index (χ4v) is 3.27. The second-order valence-electron chi connectivity index (χ2n) is 6.53. The van der Waals surface area contributed by atoms with Crippen molar-refractivity contribution in [3.05, 3.63) is 41.6 Å². The first-order chi connectivity index (χ1) is 11.5. The molecule has 1 fully saturated rings. The predicted octanol–water partition coefficient (Wildman–Crippen LogP) is 2.66. The van der Waals surface area contributed by atoms with Gasteiger partial charge in [-0.1, -0.05) is 18.0 Å². The molecule has 0 saturated heterocycles. The van der Waals surface area contributed by atoms with Crippen LogP contribution in [-0.4, -0.2) is 24.9 Å². The van der Waals surface area contributed by atoms with Crippen LogP contribution in [0, 0.1) is 13.8 Å². The zero-order chi connectivity index (χ0) is 16.7. The number of nitrogens with zero attached hydrogens (tertiary/aromatic N) is 5. The van der Waals surface area contributed by atoms with Crippen LogP contribution >= 0.6 is 0 Å². The first kappa shape index (κ1) is 15.0. The molecular formula is C17H20N6O. The van der Waals surface area contributed by atoms with Gasteiger partial charge in [-0.05, 0) is 44.9 Å². The number of hydrogen-bond acceptors (Lipinski definition) is 6. The Hall–Kier alpha value is -2.54. The van der Waals surface area contributed by atoms with Crippen LogP contribution in [0.25, 0.3) is 17.3 Å². The summed E-state index contributed by atoms with van der Waals surface area (Å²) in [5.41, 5.74) is 8.71. The molecule has 0 bridgehead atoms. The molecule has 3 aromatic heterocycles. The number of aryl methyl sites for hydroxylation is 2. The minimum absolute atomic E-state index is 0.446. The Balaban J connectivity index is 1.61. The van der Waals surface area contributed by atoms with Crippen molar-refractivity contribution in [2.75, 3.05) is 0 Å². The average Bonchev–Trinajstić information content (AvgIpc) is 3.28. The van der Waals surface area contributed by atoms with Crippen molar-refractivity contribution in [2.24, 2.45) is 5.73 Å². The van der Waals surface area contributed by atoms with E-state index in [9.17, 15) is 0 Å². The fourth-order valence-electron chi connectivity index (χ4n) is 3.27. The average molecular weight is 324 g/mol. The zero-order valence-corrected chi connectivity index (χ0v) is 13.9. The van der Waals surface area contributed by atoms with Gasteiger partial charge in [0, 0.05) is 11.9 Å². The van der Waals surface area contributed by atoms with Gasteiger partial charge in [0.05, 0.1) is 16.8 Å². The van der Waals surface area contributed by atoms with Gasteiger partial charge in [-0.2, -0.15) is 10.1 Å². The summed E-state index contributed by atoms with van der Waals surface area (Å²) in [5.74, 6) is 1.81. The van der Waals surface area contributed by atoms with E-state index in [0.717, 1.165) is 48.5 Å². The van der Waals surface area contributed by atoms with Gasteiger partial charge >= 0.3 is 0 Å². The quantitative estimate of drug-likeness (QED) is 0.795. The van der Waals surface area contributed by atoms with Crippen molar-refractivity contribution >= 4 is 0 Å². The second kappa shape index (κ2) is 5.52. The number of pyridine rings is 1. The Bertz CT molecular complexity index is 858. The number of hydrogen-bond donors (Lipinski definition) is 1. The van der Waals surface area contributed by atoms with E-state index in [1.54, 1.807) is 6.20 Å². The summed E-state index contributed by atoms with van der Waals surface area (Å²) in [5, 5.41) is 8.52. The summed E-state index contributed by atoms with van der Waals surface area (Å²) in [6, 6.07) is 5.82. The Morgan fingerprint density at radius 2 is 2.00 bits per heavy atom. The molecule has 0 radical (unpaired) electrons. The summed E-state index contributed by atoms with van der Waals surface area (Å²) in [6.45, 7) is 3.96. The Morgan fingerprint density at radius 3 is 2.62 bits per heavy atom. The van der Waals surface area contributed by atoms with Gasteiger partial charge in [-0.25, -0.2) is 9.67 Å². The van der Waals surface area contributed by atoms with E-state index < -0.39 is 5.54 Å². The van der Waals surface area contributed by atoms with Crippen LogP contribution in [0.1, 0.15) is 42.9 Å². The van der Waals surface area contributed by atoms with Gasteiger partial charge in [-0.15, -0.1) is 0 Å². The molecule has 7 heteroatoms. The topological polar surface area (TPSA) is 95.7 Å². The maximum absolute atomic E-state index is 6.38. The Morgan fingerprint density at radius 1 is 1.21 bits per heavy atom. The highest BCUT2D eigenvalue weighted by Gasteiger charge is 2.36. The molecule has 3 heterocycles. The lowest BCUT2D eigenvalue weighted by atomic mass is 9.99. The van der Waals surface area contributed by atoms with Crippen LogP contribution < -0.4 is 5.73 Å². The van der Waals surface area contributed by atoms with Gasteiger partial charge in [0.1, 0.15) is 0 Å². The molecule has 4 rings (SSSR count). The van der Waals surface area contributed by atoms with Crippen LogP contribution in [0.3, 0.4) is 0 Å². The van der Waals surface area contributed by atoms with Gasteiger partial charge in [0.25, 0.3) is 5.89 Å². The van der Waals surface area contributed by atoms with Crippen LogP contribution in [-0.2, 0) is 5.54 Å². The second-order valence-corrected chi connectivity index (χ2v) is 6.53. The molecule has 2 N–H and O–H groups in total. The fraction of sp³-hybridized carbons (Fsp3) is 0.412. The van der Waals surface area contributed by atoms with Crippen LogP contribution in [0.2, 0.25) is 0 Å². The van der Waals surface area contributed by atoms with Crippen LogP contribution in [0.5, 0.6) is 0 Å². The summed E-state index contributed by atoms with van der Waals surface area (Å²) in [4.78, 5) is 8.96. The van der Waals surface area contributed by atoms with E-state index in [0.29, 0.717) is 11.7 Å². The Kier molecular flexibility index (Phi) is 3.45. The molecule has 0 amide bonds. The molecule has 1 aliphatic rings. The van der Waals surface area contributed by atoms with E-state index in [2.05, 4.69) is 20.2 Å². The lowest BCUT2D eigenvalue weighted by molar-refractivity contribution is 0.372. The third kappa shape index (κ3) is 2.50. The molecule has 1 aliphatic carbocycles. The maximum Gasteiger partial charge on any atom is 0.259 e. The summed E-state index contributed by atoms with van der Waals surface area (Å²) in [6.07, 6.45) is 5.75. The predicted molar refractivity (Wildman–Crippen MR) is 88.5 cm³/mol. The van der Waals surface area contributed by atoms with Gasteiger partial charge in [0.2, 0.25) is 0 Å². The number of rotatable bonds is 3. The van der Waals surface area contributed by atoms with Crippen molar-refractivity contribution in [2.45, 2.75) is 45.1 Å². The SMILES string of the molecule is Cc1cc(C)n(-c2ccc(-c3nc(C4(N)CCCC4)no3)cn2)n1. The maximum atomic E-state index is 6.38. The molecular weight excluding hydrogens is 304 g/mol. The van der Waals surface area contributed by atoms with E-state index >= 15 is 0 Å². The van der Waals surface area contributed by atoms with E-state index in [1.807, 2.05) is 36.7 Å². The monoisotopic (exact) mass is 324 g/mol. The molecule has 0 unspecified atom stereocenters. The third-order valence-electron chi connectivity index (χ3n) is 4.59. The molecule has 0 aliphatic heterocycles. The van der Waals surface area contributed by atoms with Crippen LogP contribution in [0.4, 0.5) is 0 Å². The highest BCUT2D eigenvalue weighted by Crippen LogP contribution is 2.35. The molecule has 1 saturated carbocycles. The molecule has 24 heavy (non-hydrogen) atoms. The molecule has 7 nitrogen and oxygen atoms in total. The van der Waals surface area contributed by atoms with Crippen molar-refractivity contribution in [1.29, 1.82) is 0 Å². The van der Waals surface area contributed by atoms with Gasteiger partial charge in [0.15, 0.2) is 11.6 Å². The van der Waals surface area contributed by atoms with Crippen molar-refractivity contribution < 1.29 is 4.52 Å². The molecule has 0 atom stereocenters. The minimum atomic E-state index is -0.446. The molecule has 0 spiro atoms. The first-order valence-corrected chi connectivity index (χ1v) is 8.18. The van der Waals surface area contributed by atoms with E-state index in [1.165, 1.54) is 0 Å². The highest BCUT2D eigenvalue weighted by atomic mass is 16.5. The lowest BCUT2D eigenvalue weighted by Gasteiger charge is -2.17. The summed E-state index contributed by atoms with van der Waals surface area (Å²) < 4.78 is 7.21.